The predicted octanol–water partition coefficient (Wildman–Crippen LogP) is 2.60. The smallest absolute Gasteiger partial charge is 0.320 e. The molecule has 2 amide bonds. The summed E-state index contributed by atoms with van der Waals surface area (Å²) in [5.41, 5.74) is 3.71. The van der Waals surface area contributed by atoms with Crippen molar-refractivity contribution in [2.45, 2.75) is 38.1 Å². The lowest BCUT2D eigenvalue weighted by Gasteiger charge is -2.25. The van der Waals surface area contributed by atoms with Crippen molar-refractivity contribution in [2.75, 3.05) is 31.5 Å². The van der Waals surface area contributed by atoms with E-state index in [1.165, 1.54) is 5.56 Å². The largest absolute Gasteiger partial charge is 0.481 e. The van der Waals surface area contributed by atoms with Gasteiger partial charge in [-0.2, -0.15) is 0 Å². The molecule has 1 saturated heterocycles. The van der Waals surface area contributed by atoms with Crippen LogP contribution in [-0.2, 0) is 17.6 Å². The highest BCUT2D eigenvalue weighted by Gasteiger charge is 2.36. The minimum atomic E-state index is -0.975. The topological polar surface area (TPSA) is 127 Å². The minimum absolute atomic E-state index is 0.153. The number of carbonyl (C=O) groups is 2. The van der Waals surface area contributed by atoms with Crippen LogP contribution in [-0.4, -0.2) is 73.0 Å². The molecule has 0 spiro atoms. The van der Waals surface area contributed by atoms with Crippen LogP contribution in [0.25, 0.3) is 11.0 Å². The monoisotopic (exact) mass is 449 g/mol. The highest BCUT2D eigenvalue weighted by molar-refractivity contribution is 5.79. The second-order valence-corrected chi connectivity index (χ2v) is 8.54. The molecule has 1 unspecified atom stereocenters. The molecular formula is C23H27N7O3. The molecule has 0 aromatic carbocycles. The van der Waals surface area contributed by atoms with Gasteiger partial charge in [-0.3, -0.25) is 9.78 Å². The highest BCUT2D eigenvalue weighted by Crippen LogP contribution is 2.28. The summed E-state index contributed by atoms with van der Waals surface area (Å²) in [4.78, 5) is 44.5. The maximum absolute atomic E-state index is 13.1. The fraction of sp³-hybridized carbons (Fsp3) is 0.435. The van der Waals surface area contributed by atoms with Gasteiger partial charge in [0.1, 0.15) is 23.2 Å². The molecule has 0 aliphatic carbocycles. The molecule has 0 bridgehead atoms. The second kappa shape index (κ2) is 9.05. The van der Waals surface area contributed by atoms with Gasteiger partial charge in [-0.05, 0) is 43.4 Å². The van der Waals surface area contributed by atoms with Crippen molar-refractivity contribution in [3.63, 3.8) is 0 Å². The number of carbonyl (C=O) groups excluding carboxylic acids is 1. The zero-order valence-corrected chi connectivity index (χ0v) is 18.3. The SMILES string of the molecule is O=C(O)CC(c1nc2cnccc2[nH]1)N1CCN(CCCc2ccc3c(n2)NCCC3)C1=O. The lowest BCUT2D eigenvalue weighted by Crippen LogP contribution is -2.36. The van der Waals surface area contributed by atoms with E-state index in [9.17, 15) is 14.7 Å². The van der Waals surface area contributed by atoms with Crippen molar-refractivity contribution < 1.29 is 14.7 Å². The van der Waals surface area contributed by atoms with Crippen LogP contribution in [0, 0.1) is 0 Å². The number of hydrogen-bond donors (Lipinski definition) is 3. The van der Waals surface area contributed by atoms with Gasteiger partial charge in [0.05, 0.1) is 18.1 Å². The first kappa shape index (κ1) is 21.2. The summed E-state index contributed by atoms with van der Waals surface area (Å²) in [6.07, 6.45) is 6.84. The van der Waals surface area contributed by atoms with Crippen LogP contribution in [0.1, 0.15) is 42.4 Å². The molecule has 0 radical (unpaired) electrons. The number of anilines is 1. The van der Waals surface area contributed by atoms with E-state index < -0.39 is 12.0 Å². The molecule has 3 aromatic rings. The van der Waals surface area contributed by atoms with Gasteiger partial charge in [0.2, 0.25) is 0 Å². The molecule has 3 N–H and O–H groups in total. The third-order valence-corrected chi connectivity index (χ3v) is 6.30. The average Bonchev–Trinajstić information content (AvgIpc) is 3.41. The Bertz CT molecular complexity index is 1140. The molecule has 1 fully saturated rings. The second-order valence-electron chi connectivity index (χ2n) is 8.54. The molecular weight excluding hydrogens is 422 g/mol. The van der Waals surface area contributed by atoms with Gasteiger partial charge in [-0.15, -0.1) is 0 Å². The zero-order chi connectivity index (χ0) is 22.8. The van der Waals surface area contributed by atoms with Crippen LogP contribution in [0.4, 0.5) is 10.6 Å². The highest BCUT2D eigenvalue weighted by atomic mass is 16.4. The van der Waals surface area contributed by atoms with Crippen molar-refractivity contribution in [2.24, 2.45) is 0 Å². The number of H-pyrrole nitrogens is 1. The lowest BCUT2D eigenvalue weighted by molar-refractivity contribution is -0.138. The Morgan fingerprint density at radius 3 is 2.97 bits per heavy atom. The number of nitrogens with one attached hydrogen (secondary N) is 2. The number of fused-ring (bicyclic) bond motifs is 2. The molecule has 5 rings (SSSR count). The molecule has 2 aliphatic rings. The number of aryl methyl sites for hydroxylation is 2. The zero-order valence-electron chi connectivity index (χ0n) is 18.3. The van der Waals surface area contributed by atoms with E-state index in [1.54, 1.807) is 28.3 Å². The fourth-order valence-electron chi connectivity index (χ4n) is 4.61. The van der Waals surface area contributed by atoms with E-state index in [-0.39, 0.29) is 12.5 Å². The summed E-state index contributed by atoms with van der Waals surface area (Å²) in [7, 11) is 0. The first-order valence-corrected chi connectivity index (χ1v) is 11.4. The molecule has 2 aliphatic heterocycles. The van der Waals surface area contributed by atoms with E-state index in [0.29, 0.717) is 31.0 Å². The van der Waals surface area contributed by atoms with E-state index >= 15 is 0 Å². The van der Waals surface area contributed by atoms with Crippen LogP contribution in [0.15, 0.2) is 30.6 Å². The van der Waals surface area contributed by atoms with Gasteiger partial charge in [0.25, 0.3) is 0 Å². The number of aliphatic carboxylic acids is 1. The Morgan fingerprint density at radius 2 is 2.12 bits per heavy atom. The van der Waals surface area contributed by atoms with Gasteiger partial charge in [-0.1, -0.05) is 6.07 Å². The third kappa shape index (κ3) is 4.46. The van der Waals surface area contributed by atoms with Crippen LogP contribution < -0.4 is 5.32 Å². The third-order valence-electron chi connectivity index (χ3n) is 6.30. The Hall–Kier alpha value is -3.69. The summed E-state index contributed by atoms with van der Waals surface area (Å²) in [6, 6.07) is 5.20. The Kier molecular flexibility index (Phi) is 5.80. The molecule has 33 heavy (non-hydrogen) atoms. The van der Waals surface area contributed by atoms with Crippen molar-refractivity contribution >= 4 is 28.9 Å². The maximum atomic E-state index is 13.1. The summed E-state index contributed by atoms with van der Waals surface area (Å²) in [6.45, 7) is 2.59. The van der Waals surface area contributed by atoms with Gasteiger partial charge >= 0.3 is 12.0 Å². The number of hydrogen-bond acceptors (Lipinski definition) is 6. The van der Waals surface area contributed by atoms with Crippen LogP contribution >= 0.6 is 0 Å². The van der Waals surface area contributed by atoms with Crippen LogP contribution in [0.2, 0.25) is 0 Å². The van der Waals surface area contributed by atoms with E-state index in [4.69, 9.17) is 4.98 Å². The molecule has 10 heteroatoms. The number of aromatic amines is 1. The molecule has 10 nitrogen and oxygen atoms in total. The van der Waals surface area contributed by atoms with E-state index in [1.807, 2.05) is 0 Å². The van der Waals surface area contributed by atoms with Gasteiger partial charge in [0, 0.05) is 38.1 Å². The number of urea groups is 1. The molecule has 0 saturated carbocycles. The Morgan fingerprint density at radius 1 is 1.21 bits per heavy atom. The predicted molar refractivity (Wildman–Crippen MR) is 122 cm³/mol. The van der Waals surface area contributed by atoms with Crippen molar-refractivity contribution in [1.29, 1.82) is 0 Å². The molecule has 3 aromatic heterocycles. The number of rotatable bonds is 8. The minimum Gasteiger partial charge on any atom is -0.481 e. The lowest BCUT2D eigenvalue weighted by atomic mass is 10.1. The molecule has 5 heterocycles. The first-order chi connectivity index (χ1) is 16.1. The van der Waals surface area contributed by atoms with Crippen molar-refractivity contribution in [1.82, 2.24) is 29.7 Å². The summed E-state index contributed by atoms with van der Waals surface area (Å²) in [5.74, 6) is 0.484. The Balaban J connectivity index is 1.23. The number of carboxylic acid groups (broad SMARTS) is 1. The van der Waals surface area contributed by atoms with Crippen LogP contribution in [0.5, 0.6) is 0 Å². The van der Waals surface area contributed by atoms with Gasteiger partial charge in [-0.25, -0.2) is 14.8 Å². The maximum Gasteiger partial charge on any atom is 0.320 e. The molecule has 1 atom stereocenters. The first-order valence-electron chi connectivity index (χ1n) is 11.4. The normalized spacial score (nSPS) is 16.7. The molecule has 172 valence electrons. The number of pyridine rings is 2. The van der Waals surface area contributed by atoms with E-state index in [2.05, 4.69) is 32.4 Å². The van der Waals surface area contributed by atoms with Gasteiger partial charge < -0.3 is 25.2 Å². The average molecular weight is 450 g/mol. The van der Waals surface area contributed by atoms with Crippen LogP contribution in [0.3, 0.4) is 0 Å². The van der Waals surface area contributed by atoms with Crippen molar-refractivity contribution in [3.05, 3.63) is 47.7 Å². The summed E-state index contributed by atoms with van der Waals surface area (Å²) >= 11 is 0. The Labute approximate surface area is 191 Å². The number of aromatic nitrogens is 4. The van der Waals surface area contributed by atoms with Crippen molar-refractivity contribution in [3.8, 4) is 0 Å². The van der Waals surface area contributed by atoms with E-state index in [0.717, 1.165) is 49.3 Å². The number of imidazole rings is 1. The quantitative estimate of drug-likeness (QED) is 0.482. The number of nitrogens with zero attached hydrogens (tertiary/aromatic N) is 5. The summed E-state index contributed by atoms with van der Waals surface area (Å²) < 4.78 is 0. The summed E-state index contributed by atoms with van der Waals surface area (Å²) in [5, 5.41) is 12.8. The number of amides is 2. The fourth-order valence-corrected chi connectivity index (χ4v) is 4.61. The number of carboxylic acids is 1. The van der Waals surface area contributed by atoms with Gasteiger partial charge in [0.15, 0.2) is 0 Å². The standard InChI is InChI=1S/C23H27N7O3/c31-20(32)13-19(22-27-17-7-9-24-14-18(17)28-22)30-12-11-29(23(30)33)10-2-4-16-6-5-15-3-1-8-25-21(15)26-16/h5-7,9,14,19H,1-4,8,10-13H2,(H,25,26)(H,27,28)(H,31,32).